The zero-order valence-electron chi connectivity index (χ0n) is 6.54. The van der Waals surface area contributed by atoms with Crippen LogP contribution in [0, 0.1) is 0 Å². The van der Waals surface area contributed by atoms with Crippen molar-refractivity contribution in [2.75, 3.05) is 13.1 Å². The average Bonchev–Trinajstić information content (AvgIpc) is 2.21. The van der Waals surface area contributed by atoms with Gasteiger partial charge in [0.1, 0.15) is 0 Å². The summed E-state index contributed by atoms with van der Waals surface area (Å²) in [4.78, 5) is 0. The summed E-state index contributed by atoms with van der Waals surface area (Å²) in [5, 5.41) is 0. The quantitative estimate of drug-likeness (QED) is 0.516. The fourth-order valence-electron chi connectivity index (χ4n) is 0.780. The van der Waals surface area contributed by atoms with Gasteiger partial charge in [0.05, 0.1) is 0 Å². The van der Waals surface area contributed by atoms with Gasteiger partial charge in [-0.25, -0.2) is 0 Å². The van der Waals surface area contributed by atoms with Crippen LogP contribution in [0.25, 0.3) is 0 Å². The Kier molecular flexibility index (Phi) is 7.85. The normalized spacial score (nSPS) is 19.3. The highest BCUT2D eigenvalue weighted by Crippen LogP contribution is 1.93. The van der Waals surface area contributed by atoms with E-state index in [-0.39, 0.29) is 0 Å². The minimum absolute atomic E-state index is 1.14. The Hall–Kier alpha value is -0.0800. The number of hydrazine groups is 1. The van der Waals surface area contributed by atoms with Crippen molar-refractivity contribution in [1.82, 2.24) is 10.9 Å². The van der Waals surface area contributed by atoms with Crippen LogP contribution >= 0.6 is 0 Å². The minimum Gasteiger partial charge on any atom is -0.258 e. The molecule has 2 nitrogen and oxygen atoms in total. The molecule has 0 aromatic carbocycles. The van der Waals surface area contributed by atoms with E-state index in [2.05, 4.69) is 10.9 Å². The molecule has 0 aromatic heterocycles. The molecule has 0 bridgehead atoms. The largest absolute Gasteiger partial charge is 0.258 e. The minimum atomic E-state index is 1.14. The third-order valence-electron chi connectivity index (χ3n) is 1.23. The lowest BCUT2D eigenvalue weighted by molar-refractivity contribution is 0.573. The van der Waals surface area contributed by atoms with Gasteiger partial charge in [-0.15, -0.1) is 0 Å². The number of hydrogen-bond donors (Lipinski definition) is 2. The Morgan fingerprint density at radius 1 is 0.778 bits per heavy atom. The summed E-state index contributed by atoms with van der Waals surface area (Å²) < 4.78 is 0. The molecule has 1 aliphatic heterocycles. The third-order valence-corrected chi connectivity index (χ3v) is 1.23. The Balaban J connectivity index is 0.000000291. The molecule has 0 atom stereocenters. The van der Waals surface area contributed by atoms with E-state index in [4.69, 9.17) is 0 Å². The van der Waals surface area contributed by atoms with E-state index in [1.165, 1.54) is 19.3 Å². The summed E-state index contributed by atoms with van der Waals surface area (Å²) in [5.74, 6) is 0. The van der Waals surface area contributed by atoms with E-state index >= 15 is 0 Å². The maximum atomic E-state index is 3.10. The lowest BCUT2D eigenvalue weighted by Crippen LogP contribution is -2.30. The van der Waals surface area contributed by atoms with Crippen LogP contribution in [0.15, 0.2) is 0 Å². The van der Waals surface area contributed by atoms with Gasteiger partial charge in [0.25, 0.3) is 0 Å². The predicted molar refractivity (Wildman–Crippen MR) is 41.2 cm³/mol. The summed E-state index contributed by atoms with van der Waals surface area (Å²) in [6.45, 7) is 6.28. The van der Waals surface area contributed by atoms with E-state index in [0.717, 1.165) is 13.1 Å². The molecule has 1 saturated heterocycles. The maximum Gasteiger partial charge on any atom is 0.00997 e. The molecular weight excluding hydrogens is 112 g/mol. The molecule has 2 heteroatoms. The topological polar surface area (TPSA) is 24.1 Å². The van der Waals surface area contributed by atoms with Crippen LogP contribution in [0.5, 0.6) is 0 Å². The van der Waals surface area contributed by atoms with Crippen LogP contribution in [0.2, 0.25) is 0 Å². The summed E-state index contributed by atoms with van der Waals surface area (Å²) in [6, 6.07) is 0. The van der Waals surface area contributed by atoms with Crippen LogP contribution in [0.4, 0.5) is 0 Å². The van der Waals surface area contributed by atoms with Crippen LogP contribution in [0.1, 0.15) is 33.1 Å². The van der Waals surface area contributed by atoms with Crippen LogP contribution in [-0.2, 0) is 0 Å². The van der Waals surface area contributed by atoms with Crippen molar-refractivity contribution >= 4 is 0 Å². The average molecular weight is 130 g/mol. The van der Waals surface area contributed by atoms with E-state index in [0.29, 0.717) is 0 Å². The highest BCUT2D eigenvalue weighted by molar-refractivity contribution is 4.51. The second-order valence-electron chi connectivity index (χ2n) is 1.91. The molecule has 9 heavy (non-hydrogen) atoms. The van der Waals surface area contributed by atoms with Gasteiger partial charge in [-0.2, -0.15) is 0 Å². The molecule has 0 amide bonds. The van der Waals surface area contributed by atoms with Crippen LogP contribution in [-0.4, -0.2) is 13.1 Å². The Morgan fingerprint density at radius 2 is 1.22 bits per heavy atom. The van der Waals surface area contributed by atoms with Crippen molar-refractivity contribution in [2.24, 2.45) is 0 Å². The summed E-state index contributed by atoms with van der Waals surface area (Å²) in [6.07, 6.45) is 4.03. The van der Waals surface area contributed by atoms with E-state index in [9.17, 15) is 0 Å². The van der Waals surface area contributed by atoms with Crippen molar-refractivity contribution in [3.63, 3.8) is 0 Å². The van der Waals surface area contributed by atoms with Gasteiger partial charge in [-0.1, -0.05) is 20.3 Å². The van der Waals surface area contributed by atoms with Gasteiger partial charge < -0.3 is 0 Å². The number of rotatable bonds is 0. The Morgan fingerprint density at radius 3 is 1.67 bits per heavy atom. The SMILES string of the molecule is C1CCNNCC1.CC. The van der Waals surface area contributed by atoms with Crippen molar-refractivity contribution in [3.8, 4) is 0 Å². The first-order chi connectivity index (χ1) is 4.50. The first-order valence-electron chi connectivity index (χ1n) is 3.96. The third kappa shape index (κ3) is 5.80. The monoisotopic (exact) mass is 130 g/mol. The summed E-state index contributed by atoms with van der Waals surface area (Å²) in [7, 11) is 0. The van der Waals surface area contributed by atoms with E-state index in [1.807, 2.05) is 13.8 Å². The lowest BCUT2D eigenvalue weighted by Gasteiger charge is -1.95. The van der Waals surface area contributed by atoms with Gasteiger partial charge in [0.15, 0.2) is 0 Å². The van der Waals surface area contributed by atoms with E-state index in [1.54, 1.807) is 0 Å². The molecule has 2 N–H and O–H groups in total. The summed E-state index contributed by atoms with van der Waals surface area (Å²) >= 11 is 0. The van der Waals surface area contributed by atoms with Gasteiger partial charge in [0, 0.05) is 13.1 Å². The first-order valence-corrected chi connectivity index (χ1v) is 3.96. The highest BCUT2D eigenvalue weighted by Gasteiger charge is 1.92. The zero-order chi connectivity index (χ0) is 6.95. The standard InChI is InChI=1S/C5H12N2.C2H6/c1-2-4-6-7-5-3-1;1-2/h6-7H,1-5H2;1-2H3. The molecule has 56 valence electrons. The van der Waals surface area contributed by atoms with Gasteiger partial charge in [-0.05, 0) is 12.8 Å². The molecule has 1 aliphatic rings. The van der Waals surface area contributed by atoms with Crippen molar-refractivity contribution < 1.29 is 0 Å². The molecular formula is C7H18N2. The lowest BCUT2D eigenvalue weighted by atomic mass is 10.2. The van der Waals surface area contributed by atoms with Gasteiger partial charge in [-0.3, -0.25) is 10.9 Å². The first kappa shape index (κ1) is 8.92. The second kappa shape index (κ2) is 7.92. The summed E-state index contributed by atoms with van der Waals surface area (Å²) in [5.41, 5.74) is 6.19. The van der Waals surface area contributed by atoms with Crippen molar-refractivity contribution in [1.29, 1.82) is 0 Å². The molecule has 0 aliphatic carbocycles. The maximum absolute atomic E-state index is 3.10. The Labute approximate surface area is 58.0 Å². The second-order valence-corrected chi connectivity index (χ2v) is 1.91. The molecule has 0 radical (unpaired) electrons. The molecule has 1 fully saturated rings. The molecule has 1 rings (SSSR count). The van der Waals surface area contributed by atoms with Crippen molar-refractivity contribution in [3.05, 3.63) is 0 Å². The smallest absolute Gasteiger partial charge is 0.00997 e. The van der Waals surface area contributed by atoms with Gasteiger partial charge >= 0.3 is 0 Å². The fraction of sp³-hybridized carbons (Fsp3) is 1.00. The van der Waals surface area contributed by atoms with E-state index < -0.39 is 0 Å². The predicted octanol–water partition coefficient (Wildman–Crippen LogP) is 1.29. The fourth-order valence-corrected chi connectivity index (χ4v) is 0.780. The molecule has 0 unspecified atom stereocenters. The van der Waals surface area contributed by atoms with Gasteiger partial charge in [0.2, 0.25) is 0 Å². The molecule has 0 saturated carbocycles. The highest BCUT2D eigenvalue weighted by atomic mass is 15.3. The Bertz CT molecular complexity index is 26.5. The number of nitrogens with one attached hydrogen (secondary N) is 2. The molecule has 1 heterocycles. The zero-order valence-corrected chi connectivity index (χ0v) is 6.54. The number of hydrogen-bond acceptors (Lipinski definition) is 2. The van der Waals surface area contributed by atoms with Crippen LogP contribution in [0.3, 0.4) is 0 Å². The van der Waals surface area contributed by atoms with Crippen molar-refractivity contribution in [2.45, 2.75) is 33.1 Å². The van der Waals surface area contributed by atoms with Crippen LogP contribution < -0.4 is 10.9 Å². The molecule has 0 aromatic rings. The molecule has 0 spiro atoms.